The molecule has 0 amide bonds. The SMILES string of the molecule is CC(C)C(=O)OC(C)(C)C1C2C=CC(O2)C1C(C)(C)OC(=O)C(C)(C)C(=O)O. The van der Waals surface area contributed by atoms with Crippen molar-refractivity contribution in [3.8, 4) is 0 Å². The Bertz CT molecular complexity index is 687. The minimum absolute atomic E-state index is 0.249. The van der Waals surface area contributed by atoms with Gasteiger partial charge in [0.2, 0.25) is 0 Å². The second-order valence-electron chi connectivity index (χ2n) is 9.60. The fourth-order valence-corrected chi connectivity index (χ4v) is 3.93. The van der Waals surface area contributed by atoms with Gasteiger partial charge < -0.3 is 19.3 Å². The Kier molecular flexibility index (Phi) is 5.74. The molecule has 2 aliphatic rings. The van der Waals surface area contributed by atoms with E-state index in [-0.39, 0.29) is 35.9 Å². The Hall–Kier alpha value is -1.89. The molecule has 2 rings (SSSR count). The molecule has 0 aliphatic carbocycles. The molecular weight excluding hydrogens is 364 g/mol. The molecular formula is C21H32O7. The van der Waals surface area contributed by atoms with Gasteiger partial charge in [0.05, 0.1) is 18.1 Å². The first kappa shape index (κ1) is 22.4. The van der Waals surface area contributed by atoms with E-state index in [0.29, 0.717) is 0 Å². The minimum atomic E-state index is -1.67. The lowest BCUT2D eigenvalue weighted by Crippen LogP contribution is -2.54. The molecule has 0 aromatic carbocycles. The molecule has 1 N–H and O–H groups in total. The fourth-order valence-electron chi connectivity index (χ4n) is 3.93. The third-order valence-corrected chi connectivity index (χ3v) is 5.74. The van der Waals surface area contributed by atoms with Gasteiger partial charge in [0.15, 0.2) is 5.41 Å². The summed E-state index contributed by atoms with van der Waals surface area (Å²) < 4.78 is 17.5. The monoisotopic (exact) mass is 396 g/mol. The number of ether oxygens (including phenoxy) is 3. The predicted molar refractivity (Wildman–Crippen MR) is 101 cm³/mol. The maximum absolute atomic E-state index is 12.6. The van der Waals surface area contributed by atoms with Gasteiger partial charge in [-0.05, 0) is 41.5 Å². The van der Waals surface area contributed by atoms with Crippen LogP contribution in [0.5, 0.6) is 0 Å². The van der Waals surface area contributed by atoms with Crippen molar-refractivity contribution < 1.29 is 33.7 Å². The third kappa shape index (κ3) is 3.95. The number of carboxylic acids is 1. The van der Waals surface area contributed by atoms with Crippen molar-refractivity contribution >= 4 is 17.9 Å². The number of aliphatic carboxylic acids is 1. The smallest absolute Gasteiger partial charge is 0.323 e. The van der Waals surface area contributed by atoms with Crippen LogP contribution in [-0.4, -0.2) is 46.4 Å². The largest absolute Gasteiger partial charge is 0.480 e. The molecule has 2 heterocycles. The van der Waals surface area contributed by atoms with Crippen molar-refractivity contribution in [2.75, 3.05) is 0 Å². The molecule has 1 fully saturated rings. The van der Waals surface area contributed by atoms with E-state index >= 15 is 0 Å². The number of carbonyl (C=O) groups excluding carboxylic acids is 2. The summed E-state index contributed by atoms with van der Waals surface area (Å²) in [6.07, 6.45) is 3.29. The van der Waals surface area contributed by atoms with E-state index in [1.807, 2.05) is 26.0 Å². The molecule has 4 unspecified atom stereocenters. The van der Waals surface area contributed by atoms with Crippen molar-refractivity contribution in [2.45, 2.75) is 78.8 Å². The second kappa shape index (κ2) is 7.17. The molecule has 28 heavy (non-hydrogen) atoms. The quantitative estimate of drug-likeness (QED) is 0.401. The van der Waals surface area contributed by atoms with Gasteiger partial charge in [-0.15, -0.1) is 0 Å². The first-order valence-electron chi connectivity index (χ1n) is 9.64. The van der Waals surface area contributed by atoms with Crippen LogP contribution in [0.1, 0.15) is 55.4 Å². The summed E-state index contributed by atoms with van der Waals surface area (Å²) in [5.74, 6) is -3.19. The lowest BCUT2D eigenvalue weighted by Gasteiger charge is -2.44. The van der Waals surface area contributed by atoms with Gasteiger partial charge in [0, 0.05) is 11.8 Å². The van der Waals surface area contributed by atoms with Gasteiger partial charge in [-0.3, -0.25) is 14.4 Å². The van der Waals surface area contributed by atoms with Crippen LogP contribution in [0, 0.1) is 23.2 Å². The maximum Gasteiger partial charge on any atom is 0.323 e. The molecule has 0 aromatic heterocycles. The number of carbonyl (C=O) groups is 3. The van der Waals surface area contributed by atoms with Crippen LogP contribution in [0.25, 0.3) is 0 Å². The van der Waals surface area contributed by atoms with Crippen LogP contribution in [0.4, 0.5) is 0 Å². The average molecular weight is 396 g/mol. The number of hydrogen-bond acceptors (Lipinski definition) is 6. The zero-order valence-electron chi connectivity index (χ0n) is 17.9. The van der Waals surface area contributed by atoms with Gasteiger partial charge in [-0.1, -0.05) is 26.0 Å². The van der Waals surface area contributed by atoms with E-state index in [4.69, 9.17) is 14.2 Å². The number of hydrogen-bond donors (Lipinski definition) is 1. The highest BCUT2D eigenvalue weighted by Gasteiger charge is 2.60. The zero-order chi connectivity index (χ0) is 21.7. The highest BCUT2D eigenvalue weighted by molar-refractivity contribution is 5.98. The van der Waals surface area contributed by atoms with Crippen LogP contribution in [0.3, 0.4) is 0 Å². The summed E-state index contributed by atoms with van der Waals surface area (Å²) in [5.41, 5.74) is -3.55. The Morgan fingerprint density at radius 3 is 1.71 bits per heavy atom. The first-order valence-corrected chi connectivity index (χ1v) is 9.64. The molecule has 0 saturated carbocycles. The Morgan fingerprint density at radius 1 is 0.893 bits per heavy atom. The van der Waals surface area contributed by atoms with Crippen molar-refractivity contribution in [1.82, 2.24) is 0 Å². The molecule has 2 bridgehead atoms. The summed E-state index contributed by atoms with van der Waals surface area (Å²) in [4.78, 5) is 36.2. The summed E-state index contributed by atoms with van der Waals surface area (Å²) in [6.45, 7) is 13.3. The van der Waals surface area contributed by atoms with E-state index in [9.17, 15) is 19.5 Å². The molecule has 7 nitrogen and oxygen atoms in total. The predicted octanol–water partition coefficient (Wildman–Crippen LogP) is 2.97. The summed E-state index contributed by atoms with van der Waals surface area (Å²) in [7, 11) is 0. The minimum Gasteiger partial charge on any atom is -0.480 e. The van der Waals surface area contributed by atoms with E-state index < -0.39 is 28.6 Å². The number of fused-ring (bicyclic) bond motifs is 2. The van der Waals surface area contributed by atoms with Crippen molar-refractivity contribution in [2.24, 2.45) is 23.2 Å². The van der Waals surface area contributed by atoms with Crippen LogP contribution in [0.2, 0.25) is 0 Å². The van der Waals surface area contributed by atoms with Crippen molar-refractivity contribution in [1.29, 1.82) is 0 Å². The van der Waals surface area contributed by atoms with E-state index in [1.165, 1.54) is 13.8 Å². The highest BCUT2D eigenvalue weighted by Crippen LogP contribution is 2.51. The Labute approximate surface area is 166 Å². The van der Waals surface area contributed by atoms with Gasteiger partial charge >= 0.3 is 17.9 Å². The normalized spacial score (nSPS) is 27.2. The van der Waals surface area contributed by atoms with E-state index in [1.54, 1.807) is 27.7 Å². The van der Waals surface area contributed by atoms with E-state index in [2.05, 4.69) is 0 Å². The number of rotatable bonds is 7. The molecule has 7 heteroatoms. The standard InChI is InChI=1S/C21H32O7/c1-11(2)16(22)27-20(5,6)14-12-9-10-13(26-12)15(14)21(7,8)28-18(25)19(3,4)17(23)24/h9-15H,1-8H3,(H,23,24). The highest BCUT2D eigenvalue weighted by atomic mass is 16.6. The zero-order valence-corrected chi connectivity index (χ0v) is 17.9. The van der Waals surface area contributed by atoms with Crippen LogP contribution in [-0.2, 0) is 28.6 Å². The number of carboxylic acid groups (broad SMARTS) is 1. The molecule has 1 saturated heterocycles. The molecule has 158 valence electrons. The van der Waals surface area contributed by atoms with Crippen LogP contribution < -0.4 is 0 Å². The molecule has 0 radical (unpaired) electrons. The molecule has 0 spiro atoms. The van der Waals surface area contributed by atoms with Crippen LogP contribution in [0.15, 0.2) is 12.2 Å². The fraction of sp³-hybridized carbons (Fsp3) is 0.762. The topological polar surface area (TPSA) is 99.1 Å². The Morgan fingerprint density at radius 2 is 1.32 bits per heavy atom. The first-order chi connectivity index (χ1) is 12.6. The van der Waals surface area contributed by atoms with Crippen molar-refractivity contribution in [3.63, 3.8) is 0 Å². The lowest BCUT2D eigenvalue weighted by molar-refractivity contribution is -0.188. The molecule has 0 aromatic rings. The van der Waals surface area contributed by atoms with Crippen LogP contribution >= 0.6 is 0 Å². The summed E-state index contributed by atoms with van der Waals surface area (Å²) in [6, 6.07) is 0. The lowest BCUT2D eigenvalue weighted by atomic mass is 9.67. The summed E-state index contributed by atoms with van der Waals surface area (Å²) in [5, 5.41) is 9.32. The van der Waals surface area contributed by atoms with Gasteiger partial charge in [-0.25, -0.2) is 0 Å². The van der Waals surface area contributed by atoms with Gasteiger partial charge in [0.25, 0.3) is 0 Å². The van der Waals surface area contributed by atoms with Crippen molar-refractivity contribution in [3.05, 3.63) is 12.2 Å². The number of esters is 2. The summed E-state index contributed by atoms with van der Waals surface area (Å²) >= 11 is 0. The van der Waals surface area contributed by atoms with Gasteiger partial charge in [0.1, 0.15) is 11.2 Å². The maximum atomic E-state index is 12.6. The second-order valence-corrected chi connectivity index (χ2v) is 9.60. The third-order valence-electron chi connectivity index (χ3n) is 5.74. The Balaban J connectivity index is 2.31. The average Bonchev–Trinajstić information content (AvgIpc) is 3.15. The van der Waals surface area contributed by atoms with E-state index in [0.717, 1.165) is 0 Å². The molecule has 4 atom stereocenters. The van der Waals surface area contributed by atoms with Gasteiger partial charge in [-0.2, -0.15) is 0 Å². The molecule has 2 aliphatic heterocycles.